The van der Waals surface area contributed by atoms with E-state index >= 15 is 0 Å². The van der Waals surface area contributed by atoms with Crippen LogP contribution in [0.25, 0.3) is 0 Å². The van der Waals surface area contributed by atoms with Gasteiger partial charge in [-0.05, 0) is 0 Å². The van der Waals surface area contributed by atoms with E-state index in [1.54, 1.807) is 6.21 Å². The fraction of sp³-hybridized carbons (Fsp3) is 0.545. The van der Waals surface area contributed by atoms with Gasteiger partial charge in [0.1, 0.15) is 36.4 Å². The number of hydrogen-bond acceptors (Lipinski definition) is 8. The Morgan fingerprint density at radius 3 is 2.74 bits per heavy atom. The molecule has 0 amide bonds. The van der Waals surface area contributed by atoms with Crippen LogP contribution in [0.4, 0.5) is 11.5 Å². The van der Waals surface area contributed by atoms with Gasteiger partial charge in [-0.1, -0.05) is 0 Å². The second kappa shape index (κ2) is 4.49. The molecule has 2 aliphatic heterocycles. The molecular formula is C11H14N4O4. The van der Waals surface area contributed by atoms with Gasteiger partial charge in [-0.25, -0.2) is 9.97 Å². The molecule has 1 saturated heterocycles. The smallest absolute Gasteiger partial charge is 0.153 e. The fourth-order valence-corrected chi connectivity index (χ4v) is 2.47. The van der Waals surface area contributed by atoms with Crippen molar-refractivity contribution in [3.05, 3.63) is 12.0 Å². The first-order chi connectivity index (χ1) is 9.13. The Labute approximate surface area is 108 Å². The maximum absolute atomic E-state index is 9.99. The van der Waals surface area contributed by atoms with Crippen LogP contribution in [0.2, 0.25) is 0 Å². The average Bonchev–Trinajstić information content (AvgIpc) is 2.94. The Morgan fingerprint density at radius 2 is 2.05 bits per heavy atom. The zero-order chi connectivity index (χ0) is 13.6. The summed E-state index contributed by atoms with van der Waals surface area (Å²) in [5.74, 6) is -0.156. The van der Waals surface area contributed by atoms with Crippen molar-refractivity contribution in [2.75, 3.05) is 12.3 Å². The van der Waals surface area contributed by atoms with Gasteiger partial charge in [0.2, 0.25) is 0 Å². The molecule has 5 N–H and O–H groups in total. The molecule has 2 aliphatic rings. The number of aliphatic hydroxyl groups excluding tert-OH is 3. The molecule has 1 unspecified atom stereocenters. The van der Waals surface area contributed by atoms with Crippen molar-refractivity contribution in [1.82, 2.24) is 9.97 Å². The molecule has 0 aromatic carbocycles. The van der Waals surface area contributed by atoms with Crippen molar-refractivity contribution in [3.63, 3.8) is 0 Å². The van der Waals surface area contributed by atoms with Crippen molar-refractivity contribution >= 4 is 17.7 Å². The Kier molecular flexibility index (Phi) is 2.94. The summed E-state index contributed by atoms with van der Waals surface area (Å²) in [5.41, 5.74) is 6.71. The summed E-state index contributed by atoms with van der Waals surface area (Å²) in [6, 6.07) is 0. The number of ether oxygens (including phenoxy) is 1. The first-order valence-electron chi connectivity index (χ1n) is 5.90. The summed E-state index contributed by atoms with van der Waals surface area (Å²) in [7, 11) is 0. The van der Waals surface area contributed by atoms with E-state index in [9.17, 15) is 10.2 Å². The van der Waals surface area contributed by atoms with Crippen molar-refractivity contribution in [3.8, 4) is 0 Å². The van der Waals surface area contributed by atoms with Gasteiger partial charge in [0.15, 0.2) is 5.82 Å². The lowest BCUT2D eigenvalue weighted by Gasteiger charge is -2.19. The van der Waals surface area contributed by atoms with Crippen LogP contribution in [-0.4, -0.2) is 62.5 Å². The summed E-state index contributed by atoms with van der Waals surface area (Å²) < 4.78 is 5.47. The van der Waals surface area contributed by atoms with Crippen LogP contribution in [-0.2, 0) is 4.74 Å². The minimum atomic E-state index is -1.13. The molecule has 0 saturated carbocycles. The Hall–Kier alpha value is -1.61. The second-order valence-corrected chi connectivity index (χ2v) is 4.60. The lowest BCUT2D eigenvalue weighted by Crippen LogP contribution is -2.36. The number of aromatic nitrogens is 2. The minimum absolute atomic E-state index is 0.260. The number of fused-ring (bicyclic) bond motifs is 1. The summed E-state index contributed by atoms with van der Waals surface area (Å²) in [6.07, 6.45) is -0.891. The molecule has 19 heavy (non-hydrogen) atoms. The lowest BCUT2D eigenvalue weighted by molar-refractivity contribution is -0.0237. The van der Waals surface area contributed by atoms with Crippen LogP contribution >= 0.6 is 0 Å². The normalized spacial score (nSPS) is 36.7. The Balaban J connectivity index is 1.91. The van der Waals surface area contributed by atoms with Gasteiger partial charge < -0.3 is 25.8 Å². The molecule has 1 fully saturated rings. The largest absolute Gasteiger partial charge is 0.394 e. The van der Waals surface area contributed by atoms with Gasteiger partial charge >= 0.3 is 0 Å². The van der Waals surface area contributed by atoms with Gasteiger partial charge in [-0.2, -0.15) is 0 Å². The monoisotopic (exact) mass is 266 g/mol. The Morgan fingerprint density at radius 1 is 1.26 bits per heavy atom. The minimum Gasteiger partial charge on any atom is -0.394 e. The molecule has 1 aromatic heterocycles. The number of aliphatic imine (C=N–C) groups is 1. The highest BCUT2D eigenvalue weighted by Crippen LogP contribution is 2.40. The molecule has 3 heterocycles. The summed E-state index contributed by atoms with van der Waals surface area (Å²) >= 11 is 0. The van der Waals surface area contributed by atoms with E-state index in [4.69, 9.17) is 15.6 Å². The van der Waals surface area contributed by atoms with Crippen LogP contribution in [0.5, 0.6) is 0 Å². The molecule has 8 heteroatoms. The van der Waals surface area contributed by atoms with E-state index in [2.05, 4.69) is 15.0 Å². The predicted octanol–water partition coefficient (Wildman–Crippen LogP) is -1.66. The van der Waals surface area contributed by atoms with E-state index in [1.807, 2.05) is 0 Å². The topological polar surface area (TPSA) is 134 Å². The highest BCUT2D eigenvalue weighted by atomic mass is 16.6. The maximum atomic E-state index is 9.99. The number of nitrogen functional groups attached to an aromatic ring is 1. The first kappa shape index (κ1) is 12.4. The van der Waals surface area contributed by atoms with Crippen LogP contribution in [0, 0.1) is 0 Å². The molecule has 0 spiro atoms. The number of aliphatic hydroxyl groups is 3. The zero-order valence-electron chi connectivity index (χ0n) is 9.92. The van der Waals surface area contributed by atoms with Crippen LogP contribution in [0.3, 0.4) is 0 Å². The molecule has 102 valence electrons. The molecule has 0 aliphatic carbocycles. The zero-order valence-corrected chi connectivity index (χ0v) is 9.92. The van der Waals surface area contributed by atoms with Crippen LogP contribution < -0.4 is 5.73 Å². The molecule has 5 atom stereocenters. The number of nitrogens with two attached hydrogens (primary N) is 1. The van der Waals surface area contributed by atoms with Crippen molar-refractivity contribution in [2.24, 2.45) is 4.99 Å². The highest BCUT2D eigenvalue weighted by molar-refractivity contribution is 5.84. The number of hydrogen-bond donors (Lipinski definition) is 4. The number of anilines is 1. The van der Waals surface area contributed by atoms with Gasteiger partial charge in [-0.3, -0.25) is 4.99 Å². The molecule has 1 aromatic rings. The van der Waals surface area contributed by atoms with Crippen LogP contribution in [0.15, 0.2) is 11.3 Å². The summed E-state index contributed by atoms with van der Waals surface area (Å²) in [6.45, 7) is -0.364. The van der Waals surface area contributed by atoms with E-state index < -0.39 is 30.3 Å². The number of nitrogens with zero attached hydrogens (tertiary/aromatic N) is 3. The third-order valence-corrected chi connectivity index (χ3v) is 3.49. The third-order valence-electron chi connectivity index (χ3n) is 3.49. The van der Waals surface area contributed by atoms with Gasteiger partial charge in [0, 0.05) is 6.21 Å². The summed E-state index contributed by atoms with van der Waals surface area (Å²) in [5, 5.41) is 28.8. The molecule has 3 rings (SSSR count). The molecular weight excluding hydrogens is 252 g/mol. The van der Waals surface area contributed by atoms with Crippen LogP contribution in [0.1, 0.15) is 11.6 Å². The fourth-order valence-electron chi connectivity index (χ4n) is 2.47. The lowest BCUT2D eigenvalue weighted by atomic mass is 9.95. The second-order valence-electron chi connectivity index (χ2n) is 4.60. The highest BCUT2D eigenvalue weighted by Gasteiger charge is 2.47. The van der Waals surface area contributed by atoms with Crippen molar-refractivity contribution < 1.29 is 20.1 Å². The van der Waals surface area contributed by atoms with Gasteiger partial charge in [0.05, 0.1) is 18.2 Å². The Bertz CT molecular complexity index is 523. The van der Waals surface area contributed by atoms with Gasteiger partial charge in [0.25, 0.3) is 0 Å². The van der Waals surface area contributed by atoms with E-state index in [0.29, 0.717) is 11.4 Å². The SMILES string of the molecule is Nc1ncnc2c1N=CC2[C@@H]1O[C@H](CO)[C@@H](O)[C@@H]1O. The predicted molar refractivity (Wildman–Crippen MR) is 65.1 cm³/mol. The molecule has 0 radical (unpaired) electrons. The summed E-state index contributed by atoms with van der Waals surface area (Å²) in [4.78, 5) is 12.1. The van der Waals surface area contributed by atoms with E-state index in [0.717, 1.165) is 0 Å². The maximum Gasteiger partial charge on any atom is 0.153 e. The number of rotatable bonds is 2. The standard InChI is InChI=1S/C11H14N4O4/c12-11-7-6(14-3-15-11)4(1-13-7)10-9(18)8(17)5(2-16)19-10/h1,3-5,8-10,16-18H,2H2,(H2,12,14,15)/t4?,5-,8-,9+,10+/m1/s1. The quantitative estimate of drug-likeness (QED) is 0.503. The molecule has 8 nitrogen and oxygen atoms in total. The van der Waals surface area contributed by atoms with E-state index in [1.165, 1.54) is 6.33 Å². The average molecular weight is 266 g/mol. The van der Waals surface area contributed by atoms with Gasteiger partial charge in [-0.15, -0.1) is 0 Å². The third kappa shape index (κ3) is 1.80. The first-order valence-corrected chi connectivity index (χ1v) is 5.90. The molecule has 0 bridgehead atoms. The van der Waals surface area contributed by atoms with E-state index in [-0.39, 0.29) is 12.4 Å². The van der Waals surface area contributed by atoms with Crippen molar-refractivity contribution in [2.45, 2.75) is 30.3 Å². The van der Waals surface area contributed by atoms with Crippen molar-refractivity contribution in [1.29, 1.82) is 0 Å².